The number of amides is 1. The highest BCUT2D eigenvalue weighted by atomic mass is 16.6. The quantitative estimate of drug-likeness (QED) is 0.908. The Morgan fingerprint density at radius 3 is 2.59 bits per heavy atom. The van der Waals surface area contributed by atoms with Crippen molar-refractivity contribution in [2.24, 2.45) is 0 Å². The molecule has 1 amide bonds. The highest BCUT2D eigenvalue weighted by Gasteiger charge is 2.24. The average Bonchev–Trinajstić information content (AvgIpc) is 2.46. The van der Waals surface area contributed by atoms with Gasteiger partial charge in [0.25, 0.3) is 0 Å². The molecule has 6 nitrogen and oxygen atoms in total. The van der Waals surface area contributed by atoms with Crippen LogP contribution in [0.4, 0.5) is 10.6 Å². The van der Waals surface area contributed by atoms with E-state index < -0.39 is 0 Å². The molecule has 0 bridgehead atoms. The molecule has 1 aliphatic rings. The van der Waals surface area contributed by atoms with Crippen molar-refractivity contribution >= 4 is 11.9 Å². The molecule has 0 aromatic carbocycles. The Kier molecular flexibility index (Phi) is 4.86. The van der Waals surface area contributed by atoms with Crippen LogP contribution in [-0.4, -0.2) is 35.8 Å². The summed E-state index contributed by atoms with van der Waals surface area (Å²) in [6.45, 7) is 7.34. The summed E-state index contributed by atoms with van der Waals surface area (Å²) >= 11 is 0. The third-order valence-electron chi connectivity index (χ3n) is 3.39. The summed E-state index contributed by atoms with van der Waals surface area (Å²) in [4.78, 5) is 18.2. The van der Waals surface area contributed by atoms with Gasteiger partial charge < -0.3 is 15.0 Å². The van der Waals surface area contributed by atoms with E-state index in [-0.39, 0.29) is 17.7 Å². The predicted molar refractivity (Wildman–Crippen MR) is 83.6 cm³/mol. The first-order chi connectivity index (χ1) is 10.4. The number of carbonyl (C=O) groups excluding carboxylic acids is 1. The van der Waals surface area contributed by atoms with Crippen molar-refractivity contribution in [1.29, 1.82) is 5.26 Å². The van der Waals surface area contributed by atoms with Gasteiger partial charge >= 0.3 is 6.09 Å². The van der Waals surface area contributed by atoms with E-state index >= 15 is 0 Å². The lowest BCUT2D eigenvalue weighted by molar-refractivity contribution is 0.0776. The van der Waals surface area contributed by atoms with E-state index in [1.165, 1.54) is 0 Å². The average molecular weight is 302 g/mol. The summed E-state index contributed by atoms with van der Waals surface area (Å²) < 4.78 is 5.45. The number of aromatic nitrogens is 1. The molecule has 1 N–H and O–H groups in total. The molecule has 1 fully saturated rings. The minimum Gasteiger partial charge on any atom is -0.446 e. The van der Waals surface area contributed by atoms with E-state index in [9.17, 15) is 4.79 Å². The molecule has 0 radical (unpaired) electrons. The highest BCUT2D eigenvalue weighted by molar-refractivity contribution is 5.68. The number of rotatable bonds is 2. The van der Waals surface area contributed by atoms with Gasteiger partial charge in [-0.05, 0) is 32.9 Å². The lowest BCUT2D eigenvalue weighted by Gasteiger charge is -2.33. The second kappa shape index (κ2) is 6.65. The summed E-state index contributed by atoms with van der Waals surface area (Å²) in [5.74, 6) is 0.858. The normalized spacial score (nSPS) is 16.0. The first kappa shape index (κ1) is 16.1. The zero-order valence-corrected chi connectivity index (χ0v) is 13.3. The minimum absolute atomic E-state index is 0.0584. The Morgan fingerprint density at radius 1 is 1.41 bits per heavy atom. The number of anilines is 1. The molecular formula is C16H22N4O2. The zero-order valence-electron chi connectivity index (χ0n) is 13.3. The van der Waals surface area contributed by atoms with Crippen LogP contribution in [0.1, 0.15) is 39.2 Å². The molecule has 1 aromatic rings. The fraction of sp³-hybridized carbons (Fsp3) is 0.562. The molecule has 2 heterocycles. The Hall–Kier alpha value is -2.29. The fourth-order valence-corrected chi connectivity index (χ4v) is 2.33. The van der Waals surface area contributed by atoms with E-state index in [4.69, 9.17) is 10.00 Å². The Balaban J connectivity index is 1.82. The number of piperidine rings is 1. The van der Waals surface area contributed by atoms with Gasteiger partial charge in [0, 0.05) is 37.7 Å². The number of hydrogen-bond donors (Lipinski definition) is 1. The maximum atomic E-state index is 11.8. The van der Waals surface area contributed by atoms with Crippen LogP contribution in [0.2, 0.25) is 0 Å². The molecule has 0 unspecified atom stereocenters. The number of nitrogens with one attached hydrogen (secondary N) is 1. The second-order valence-electron chi connectivity index (χ2n) is 6.48. The van der Waals surface area contributed by atoms with Gasteiger partial charge in [-0.1, -0.05) is 0 Å². The van der Waals surface area contributed by atoms with Gasteiger partial charge in [0.2, 0.25) is 0 Å². The molecule has 1 saturated heterocycles. The van der Waals surface area contributed by atoms with Crippen LogP contribution >= 0.6 is 0 Å². The number of pyridine rings is 1. The number of ether oxygens (including phenoxy) is 1. The van der Waals surface area contributed by atoms with Gasteiger partial charge in [0.1, 0.15) is 18.0 Å². The molecule has 0 spiro atoms. The molecule has 1 aliphatic heterocycles. The van der Waals surface area contributed by atoms with E-state index in [1.807, 2.05) is 26.8 Å². The number of nitrogens with zero attached hydrogens (tertiary/aromatic N) is 3. The monoisotopic (exact) mass is 302 g/mol. The van der Waals surface area contributed by atoms with Gasteiger partial charge in [-0.15, -0.1) is 0 Å². The molecular weight excluding hydrogens is 280 g/mol. The van der Waals surface area contributed by atoms with Gasteiger partial charge in [-0.2, -0.15) is 5.26 Å². The Labute approximate surface area is 131 Å². The van der Waals surface area contributed by atoms with Crippen molar-refractivity contribution in [3.63, 3.8) is 0 Å². The number of alkyl carbamates (subject to hydrolysis) is 1. The Bertz CT molecular complexity index is 549. The SMILES string of the molecule is CC(C)(C)NC(=O)OC1CCN(c2ccc(C#N)cn2)CC1. The summed E-state index contributed by atoms with van der Waals surface area (Å²) in [7, 11) is 0. The minimum atomic E-state index is -0.359. The molecule has 22 heavy (non-hydrogen) atoms. The van der Waals surface area contributed by atoms with Crippen molar-refractivity contribution < 1.29 is 9.53 Å². The Morgan fingerprint density at radius 2 is 2.09 bits per heavy atom. The summed E-state index contributed by atoms with van der Waals surface area (Å²) in [5.41, 5.74) is 0.269. The standard InChI is InChI=1S/C16H22N4O2/c1-16(2,3)19-15(21)22-13-6-8-20(9-7-13)14-5-4-12(10-17)11-18-14/h4-5,11,13H,6-9H2,1-3H3,(H,19,21). The van der Waals surface area contributed by atoms with Crippen LogP contribution in [0.5, 0.6) is 0 Å². The van der Waals surface area contributed by atoms with Gasteiger partial charge in [0.05, 0.1) is 5.56 Å². The molecule has 0 saturated carbocycles. The molecule has 1 aromatic heterocycles. The van der Waals surface area contributed by atoms with Crippen molar-refractivity contribution in [2.75, 3.05) is 18.0 Å². The fourth-order valence-electron chi connectivity index (χ4n) is 2.33. The molecule has 2 rings (SSSR count). The third-order valence-corrected chi connectivity index (χ3v) is 3.39. The second-order valence-corrected chi connectivity index (χ2v) is 6.48. The predicted octanol–water partition coefficient (Wildman–Crippen LogP) is 2.45. The van der Waals surface area contributed by atoms with Crippen molar-refractivity contribution in [2.45, 2.75) is 45.3 Å². The first-order valence-corrected chi connectivity index (χ1v) is 7.47. The van der Waals surface area contributed by atoms with Crippen molar-refractivity contribution in [3.05, 3.63) is 23.9 Å². The van der Waals surface area contributed by atoms with E-state index in [0.29, 0.717) is 5.56 Å². The van der Waals surface area contributed by atoms with E-state index in [1.54, 1.807) is 12.3 Å². The molecule has 6 heteroatoms. The maximum Gasteiger partial charge on any atom is 0.407 e. The van der Waals surface area contributed by atoms with E-state index in [0.717, 1.165) is 31.7 Å². The highest BCUT2D eigenvalue weighted by Crippen LogP contribution is 2.20. The first-order valence-electron chi connectivity index (χ1n) is 7.47. The van der Waals surface area contributed by atoms with Crippen LogP contribution < -0.4 is 10.2 Å². The lowest BCUT2D eigenvalue weighted by atomic mass is 10.1. The van der Waals surface area contributed by atoms with Crippen molar-refractivity contribution in [3.8, 4) is 6.07 Å². The molecule has 0 aliphatic carbocycles. The zero-order chi connectivity index (χ0) is 16.2. The number of carbonyl (C=O) groups is 1. The van der Waals surface area contributed by atoms with Crippen LogP contribution in [0.25, 0.3) is 0 Å². The van der Waals surface area contributed by atoms with Gasteiger partial charge in [-0.25, -0.2) is 9.78 Å². The largest absolute Gasteiger partial charge is 0.446 e. The topological polar surface area (TPSA) is 78.2 Å². The van der Waals surface area contributed by atoms with Gasteiger partial charge in [0.15, 0.2) is 0 Å². The number of nitriles is 1. The van der Waals surface area contributed by atoms with Crippen LogP contribution in [0.15, 0.2) is 18.3 Å². The third kappa shape index (κ3) is 4.62. The smallest absolute Gasteiger partial charge is 0.407 e. The van der Waals surface area contributed by atoms with Crippen LogP contribution in [0.3, 0.4) is 0 Å². The van der Waals surface area contributed by atoms with Crippen molar-refractivity contribution in [1.82, 2.24) is 10.3 Å². The molecule has 0 atom stereocenters. The van der Waals surface area contributed by atoms with Crippen LogP contribution in [0, 0.1) is 11.3 Å². The van der Waals surface area contributed by atoms with Gasteiger partial charge in [-0.3, -0.25) is 0 Å². The summed E-state index contributed by atoms with van der Waals surface area (Å²) in [5, 5.41) is 11.6. The lowest BCUT2D eigenvalue weighted by Crippen LogP contribution is -2.44. The number of hydrogen-bond acceptors (Lipinski definition) is 5. The molecule has 118 valence electrons. The maximum absolute atomic E-state index is 11.8. The van der Waals surface area contributed by atoms with Crippen LogP contribution in [-0.2, 0) is 4.74 Å². The summed E-state index contributed by atoms with van der Waals surface area (Å²) in [6.07, 6.45) is 2.71. The van der Waals surface area contributed by atoms with E-state index in [2.05, 4.69) is 21.3 Å². The summed E-state index contributed by atoms with van der Waals surface area (Å²) in [6, 6.07) is 5.68.